The Morgan fingerprint density at radius 1 is 1.00 bits per heavy atom. The predicted octanol–water partition coefficient (Wildman–Crippen LogP) is 5.69. The van der Waals surface area contributed by atoms with E-state index in [0.29, 0.717) is 0 Å². The zero-order chi connectivity index (χ0) is 16.9. The van der Waals surface area contributed by atoms with Crippen LogP contribution in [0.25, 0.3) is 5.57 Å². The SMILES string of the molecule is CCCCCCCCCCOc1ccc(C(C)=CC(=O)O)cc1. The third-order valence-electron chi connectivity index (χ3n) is 3.92. The average molecular weight is 318 g/mol. The van der Waals surface area contributed by atoms with Crippen molar-refractivity contribution in [3.05, 3.63) is 35.9 Å². The van der Waals surface area contributed by atoms with E-state index in [1.807, 2.05) is 24.3 Å². The van der Waals surface area contributed by atoms with Crippen LogP contribution in [0, 0.1) is 0 Å². The Kier molecular flexibility index (Phi) is 9.85. The molecule has 128 valence electrons. The summed E-state index contributed by atoms with van der Waals surface area (Å²) in [4.78, 5) is 10.7. The number of carboxylic acids is 1. The van der Waals surface area contributed by atoms with Gasteiger partial charge in [0.15, 0.2) is 0 Å². The second-order valence-electron chi connectivity index (χ2n) is 6.01. The molecule has 0 atom stereocenters. The number of rotatable bonds is 12. The minimum atomic E-state index is -0.919. The van der Waals surface area contributed by atoms with Crippen molar-refractivity contribution in [3.8, 4) is 5.75 Å². The molecule has 1 aromatic rings. The van der Waals surface area contributed by atoms with E-state index in [4.69, 9.17) is 9.84 Å². The van der Waals surface area contributed by atoms with E-state index in [-0.39, 0.29) is 0 Å². The van der Waals surface area contributed by atoms with Crippen LogP contribution in [0.15, 0.2) is 30.3 Å². The fourth-order valence-electron chi connectivity index (χ4n) is 2.51. The van der Waals surface area contributed by atoms with Gasteiger partial charge in [0.2, 0.25) is 0 Å². The van der Waals surface area contributed by atoms with Crippen molar-refractivity contribution in [1.82, 2.24) is 0 Å². The Balaban J connectivity index is 2.17. The Morgan fingerprint density at radius 3 is 2.13 bits per heavy atom. The molecule has 0 radical (unpaired) electrons. The van der Waals surface area contributed by atoms with Crippen LogP contribution in [0.5, 0.6) is 5.75 Å². The molecule has 1 aromatic carbocycles. The van der Waals surface area contributed by atoms with Gasteiger partial charge >= 0.3 is 5.97 Å². The highest BCUT2D eigenvalue weighted by Crippen LogP contribution is 2.18. The molecule has 3 heteroatoms. The number of hydrogen-bond donors (Lipinski definition) is 1. The standard InChI is InChI=1S/C20H30O3/c1-3-4-5-6-7-8-9-10-15-23-19-13-11-18(12-14-19)17(2)16-20(21)22/h11-14,16H,3-10,15H2,1-2H3,(H,21,22). The molecule has 0 spiro atoms. The molecule has 0 heterocycles. The van der Waals surface area contributed by atoms with E-state index in [0.717, 1.165) is 29.9 Å². The summed E-state index contributed by atoms with van der Waals surface area (Å²) < 4.78 is 5.73. The van der Waals surface area contributed by atoms with Crippen LogP contribution in [-0.4, -0.2) is 17.7 Å². The molecule has 23 heavy (non-hydrogen) atoms. The first-order chi connectivity index (χ1) is 11.1. The minimum absolute atomic E-state index is 0.743. The maximum Gasteiger partial charge on any atom is 0.328 e. The van der Waals surface area contributed by atoms with Crippen LogP contribution < -0.4 is 4.74 Å². The molecule has 0 amide bonds. The van der Waals surface area contributed by atoms with Gasteiger partial charge in [0.05, 0.1) is 6.61 Å². The summed E-state index contributed by atoms with van der Waals surface area (Å²) in [6.07, 6.45) is 11.6. The molecule has 0 bridgehead atoms. The summed E-state index contributed by atoms with van der Waals surface area (Å²) in [6, 6.07) is 7.61. The molecule has 1 rings (SSSR count). The van der Waals surface area contributed by atoms with Gasteiger partial charge in [-0.2, -0.15) is 0 Å². The summed E-state index contributed by atoms with van der Waals surface area (Å²) >= 11 is 0. The lowest BCUT2D eigenvalue weighted by Crippen LogP contribution is -1.97. The van der Waals surface area contributed by atoms with Crippen LogP contribution >= 0.6 is 0 Å². The van der Waals surface area contributed by atoms with Gasteiger partial charge in [0, 0.05) is 6.08 Å². The number of aliphatic carboxylic acids is 1. The molecule has 1 N–H and O–H groups in total. The number of ether oxygens (including phenoxy) is 1. The first-order valence-corrected chi connectivity index (χ1v) is 8.78. The first-order valence-electron chi connectivity index (χ1n) is 8.78. The van der Waals surface area contributed by atoms with Crippen molar-refractivity contribution in [2.24, 2.45) is 0 Å². The van der Waals surface area contributed by atoms with Crippen LogP contribution in [0.1, 0.15) is 70.8 Å². The number of carbonyl (C=O) groups is 1. The molecule has 0 unspecified atom stereocenters. The largest absolute Gasteiger partial charge is 0.494 e. The van der Waals surface area contributed by atoms with E-state index in [1.54, 1.807) is 6.92 Å². The fraction of sp³-hybridized carbons (Fsp3) is 0.550. The van der Waals surface area contributed by atoms with Gasteiger partial charge < -0.3 is 9.84 Å². The lowest BCUT2D eigenvalue weighted by atomic mass is 10.1. The van der Waals surface area contributed by atoms with Gasteiger partial charge in [-0.1, -0.05) is 64.0 Å². The topological polar surface area (TPSA) is 46.5 Å². The summed E-state index contributed by atoms with van der Waals surface area (Å²) in [7, 11) is 0. The van der Waals surface area contributed by atoms with Gasteiger partial charge in [-0.15, -0.1) is 0 Å². The van der Waals surface area contributed by atoms with E-state index in [1.165, 1.54) is 51.0 Å². The lowest BCUT2D eigenvalue weighted by molar-refractivity contribution is -0.131. The van der Waals surface area contributed by atoms with E-state index in [2.05, 4.69) is 6.92 Å². The van der Waals surface area contributed by atoms with E-state index >= 15 is 0 Å². The monoisotopic (exact) mass is 318 g/mol. The third kappa shape index (κ3) is 9.07. The van der Waals surface area contributed by atoms with Gasteiger partial charge in [0.25, 0.3) is 0 Å². The van der Waals surface area contributed by atoms with Gasteiger partial charge in [-0.3, -0.25) is 0 Å². The summed E-state index contributed by atoms with van der Waals surface area (Å²) in [6.45, 7) is 4.79. The van der Waals surface area contributed by atoms with Crippen molar-refractivity contribution in [3.63, 3.8) is 0 Å². The zero-order valence-corrected chi connectivity index (χ0v) is 14.5. The molecule has 0 fully saturated rings. The Labute approximate surface area is 140 Å². The fourth-order valence-corrected chi connectivity index (χ4v) is 2.51. The maximum atomic E-state index is 10.7. The minimum Gasteiger partial charge on any atom is -0.494 e. The molecule has 0 aliphatic heterocycles. The highest BCUT2D eigenvalue weighted by molar-refractivity contribution is 5.89. The highest BCUT2D eigenvalue weighted by Gasteiger charge is 2.00. The van der Waals surface area contributed by atoms with Gasteiger partial charge in [-0.05, 0) is 36.6 Å². The number of carboxylic acid groups (broad SMARTS) is 1. The number of allylic oxidation sites excluding steroid dienone is 1. The van der Waals surface area contributed by atoms with Crippen LogP contribution in [0.2, 0.25) is 0 Å². The van der Waals surface area contributed by atoms with Crippen molar-refractivity contribution in [2.75, 3.05) is 6.61 Å². The van der Waals surface area contributed by atoms with Crippen LogP contribution in [0.4, 0.5) is 0 Å². The second kappa shape index (κ2) is 11.8. The average Bonchev–Trinajstić information content (AvgIpc) is 2.53. The zero-order valence-electron chi connectivity index (χ0n) is 14.5. The summed E-state index contributed by atoms with van der Waals surface area (Å²) in [5.74, 6) is -0.0719. The molecular weight excluding hydrogens is 288 g/mol. The maximum absolute atomic E-state index is 10.7. The third-order valence-corrected chi connectivity index (χ3v) is 3.92. The number of hydrogen-bond acceptors (Lipinski definition) is 2. The second-order valence-corrected chi connectivity index (χ2v) is 6.01. The Hall–Kier alpha value is -1.77. The Bertz CT molecular complexity index is 474. The molecule has 0 saturated carbocycles. The van der Waals surface area contributed by atoms with Crippen molar-refractivity contribution < 1.29 is 14.6 Å². The van der Waals surface area contributed by atoms with E-state index in [9.17, 15) is 4.79 Å². The summed E-state index contributed by atoms with van der Waals surface area (Å²) in [5, 5.41) is 8.75. The van der Waals surface area contributed by atoms with Crippen molar-refractivity contribution in [1.29, 1.82) is 0 Å². The smallest absolute Gasteiger partial charge is 0.328 e. The van der Waals surface area contributed by atoms with Crippen LogP contribution in [0.3, 0.4) is 0 Å². The van der Waals surface area contributed by atoms with E-state index < -0.39 is 5.97 Å². The van der Waals surface area contributed by atoms with Gasteiger partial charge in [0.1, 0.15) is 5.75 Å². The predicted molar refractivity (Wildman–Crippen MR) is 95.8 cm³/mol. The quantitative estimate of drug-likeness (QED) is 0.397. The highest BCUT2D eigenvalue weighted by atomic mass is 16.5. The van der Waals surface area contributed by atoms with Gasteiger partial charge in [-0.25, -0.2) is 4.79 Å². The molecule has 3 nitrogen and oxygen atoms in total. The normalized spacial score (nSPS) is 11.5. The Morgan fingerprint density at radius 2 is 1.57 bits per heavy atom. The lowest BCUT2D eigenvalue weighted by Gasteiger charge is -2.07. The molecular formula is C20H30O3. The molecule has 0 aliphatic rings. The molecule has 0 saturated heterocycles. The van der Waals surface area contributed by atoms with Crippen molar-refractivity contribution >= 4 is 11.5 Å². The number of benzene rings is 1. The number of unbranched alkanes of at least 4 members (excludes halogenated alkanes) is 7. The summed E-state index contributed by atoms with van der Waals surface area (Å²) in [5.41, 5.74) is 1.65. The molecule has 0 aliphatic carbocycles. The molecule has 0 aromatic heterocycles. The van der Waals surface area contributed by atoms with Crippen LogP contribution in [-0.2, 0) is 4.79 Å². The van der Waals surface area contributed by atoms with Crippen molar-refractivity contribution in [2.45, 2.75) is 65.2 Å². The first kappa shape index (κ1) is 19.3.